The van der Waals surface area contributed by atoms with Crippen LogP contribution < -0.4 is 5.32 Å². The lowest BCUT2D eigenvalue weighted by Gasteiger charge is -2.31. The molecular formula is C31H54F2N2O. The third-order valence-corrected chi connectivity index (χ3v) is 7.03. The maximum atomic E-state index is 13.8. The second kappa shape index (κ2) is 20.3. The van der Waals surface area contributed by atoms with Crippen molar-refractivity contribution in [1.82, 2.24) is 10.2 Å². The molecular weight excluding hydrogens is 454 g/mol. The van der Waals surface area contributed by atoms with E-state index in [0.29, 0.717) is 18.4 Å². The molecule has 1 N–H and O–H groups in total. The lowest BCUT2D eigenvalue weighted by molar-refractivity contribution is -0.122. The van der Waals surface area contributed by atoms with Gasteiger partial charge in [-0.1, -0.05) is 60.0 Å². The zero-order valence-electron chi connectivity index (χ0n) is 24.3. The number of likely N-dealkylation sites (N-methyl/N-ethyl adjacent to an activating group) is 1. The molecule has 0 spiro atoms. The normalized spacial score (nSPS) is 13.5. The van der Waals surface area contributed by atoms with Crippen molar-refractivity contribution in [1.29, 1.82) is 0 Å². The molecule has 1 rings (SSSR count). The number of nitrogens with zero attached hydrogens (tertiary/aromatic N) is 1. The molecule has 0 aliphatic heterocycles. The molecule has 0 aliphatic carbocycles. The lowest BCUT2D eigenvalue weighted by atomic mass is 9.91. The van der Waals surface area contributed by atoms with Crippen LogP contribution in [0.2, 0.25) is 0 Å². The molecule has 0 aliphatic rings. The van der Waals surface area contributed by atoms with Gasteiger partial charge in [-0.25, -0.2) is 8.78 Å². The molecule has 0 saturated heterocycles. The average Bonchev–Trinajstić information content (AvgIpc) is 2.85. The van der Waals surface area contributed by atoms with Gasteiger partial charge in [0.05, 0.1) is 5.92 Å². The third-order valence-electron chi connectivity index (χ3n) is 7.03. The van der Waals surface area contributed by atoms with Gasteiger partial charge >= 0.3 is 0 Å². The van der Waals surface area contributed by atoms with E-state index in [0.717, 1.165) is 12.0 Å². The summed E-state index contributed by atoms with van der Waals surface area (Å²) >= 11 is 0. The highest BCUT2D eigenvalue weighted by Crippen LogP contribution is 2.28. The summed E-state index contributed by atoms with van der Waals surface area (Å²) in [6.45, 7) is 19.5. The molecule has 2 unspecified atom stereocenters. The van der Waals surface area contributed by atoms with E-state index in [4.69, 9.17) is 0 Å². The Bertz CT molecular complexity index is 714. The Balaban J connectivity index is 0.000000681. The van der Waals surface area contributed by atoms with Gasteiger partial charge < -0.3 is 10.2 Å². The quantitative estimate of drug-likeness (QED) is 0.169. The first-order valence-electron chi connectivity index (χ1n) is 14.2. The fourth-order valence-corrected chi connectivity index (χ4v) is 4.56. The highest BCUT2D eigenvalue weighted by atomic mass is 19.1. The molecule has 1 aromatic rings. The summed E-state index contributed by atoms with van der Waals surface area (Å²) in [5.41, 5.74) is 0.329. The van der Waals surface area contributed by atoms with Gasteiger partial charge in [0.2, 0.25) is 5.91 Å². The summed E-state index contributed by atoms with van der Waals surface area (Å²) in [7, 11) is 1.45. The molecule has 0 aromatic heterocycles. The van der Waals surface area contributed by atoms with E-state index in [1.807, 2.05) is 0 Å². The molecule has 0 fully saturated rings. The molecule has 5 heteroatoms. The average molecular weight is 509 g/mol. The van der Waals surface area contributed by atoms with Crippen molar-refractivity contribution < 1.29 is 13.6 Å². The number of amides is 1. The lowest BCUT2D eigenvalue weighted by Crippen LogP contribution is -2.36. The van der Waals surface area contributed by atoms with Crippen LogP contribution in [0.3, 0.4) is 0 Å². The van der Waals surface area contributed by atoms with Crippen LogP contribution in [0, 0.1) is 24.5 Å². The van der Waals surface area contributed by atoms with Crippen LogP contribution in [0.1, 0.15) is 116 Å². The Hall–Kier alpha value is -1.75. The summed E-state index contributed by atoms with van der Waals surface area (Å²) in [6.07, 6.45) is 13.3. The van der Waals surface area contributed by atoms with Crippen molar-refractivity contribution >= 4 is 5.91 Å². The van der Waals surface area contributed by atoms with Crippen molar-refractivity contribution in [3.05, 3.63) is 47.5 Å². The Labute approximate surface area is 221 Å². The van der Waals surface area contributed by atoms with Crippen LogP contribution in [0.5, 0.6) is 0 Å². The van der Waals surface area contributed by atoms with Gasteiger partial charge in [-0.15, -0.1) is 6.58 Å². The predicted molar refractivity (Wildman–Crippen MR) is 151 cm³/mol. The van der Waals surface area contributed by atoms with E-state index in [1.165, 1.54) is 83.6 Å². The van der Waals surface area contributed by atoms with E-state index in [-0.39, 0.29) is 5.56 Å². The van der Waals surface area contributed by atoms with Gasteiger partial charge in [-0.3, -0.25) is 4.79 Å². The summed E-state index contributed by atoms with van der Waals surface area (Å²) < 4.78 is 27.7. The van der Waals surface area contributed by atoms with Gasteiger partial charge in [0.25, 0.3) is 0 Å². The third kappa shape index (κ3) is 13.0. The van der Waals surface area contributed by atoms with Crippen molar-refractivity contribution in [2.24, 2.45) is 5.92 Å². The number of nitrogens with one attached hydrogen (secondary N) is 1. The Kier molecular flexibility index (Phi) is 19.3. The van der Waals surface area contributed by atoms with Gasteiger partial charge in [0.1, 0.15) is 11.6 Å². The minimum Gasteiger partial charge on any atom is -0.359 e. The number of hydrogen-bond donors (Lipinski definition) is 1. The zero-order valence-corrected chi connectivity index (χ0v) is 24.3. The van der Waals surface area contributed by atoms with Gasteiger partial charge in [-0.05, 0) is 88.6 Å². The van der Waals surface area contributed by atoms with E-state index in [2.05, 4.69) is 51.4 Å². The fourth-order valence-electron chi connectivity index (χ4n) is 4.56. The predicted octanol–water partition coefficient (Wildman–Crippen LogP) is 8.56. The van der Waals surface area contributed by atoms with Crippen molar-refractivity contribution in [3.8, 4) is 0 Å². The van der Waals surface area contributed by atoms with Crippen LogP contribution in [0.4, 0.5) is 8.78 Å². The maximum absolute atomic E-state index is 13.8. The maximum Gasteiger partial charge on any atom is 0.227 e. The monoisotopic (exact) mass is 508 g/mol. The number of unbranched alkanes of at least 4 members (excludes halogenated alkanes) is 2. The summed E-state index contributed by atoms with van der Waals surface area (Å²) in [5, 5.41) is 2.43. The zero-order chi connectivity index (χ0) is 27.5. The number of allylic oxidation sites excluding steroid dienone is 1. The van der Waals surface area contributed by atoms with Crippen LogP contribution in [0.25, 0.3) is 0 Å². The molecule has 0 radical (unpaired) electrons. The summed E-state index contributed by atoms with van der Waals surface area (Å²) in [6, 6.07) is 3.31. The minimum absolute atomic E-state index is 0.165. The van der Waals surface area contributed by atoms with E-state index < -0.39 is 23.5 Å². The second-order valence-electron chi connectivity index (χ2n) is 10.1. The Morgan fingerprint density at radius 2 is 1.64 bits per heavy atom. The van der Waals surface area contributed by atoms with Gasteiger partial charge in [0.15, 0.2) is 0 Å². The summed E-state index contributed by atoms with van der Waals surface area (Å²) in [4.78, 5) is 14.5. The highest BCUT2D eigenvalue weighted by Gasteiger charge is 2.26. The number of halogens is 2. The SMILES string of the molecule is C=CCCC(C(=O)NC)c1c(F)cc(C)cc1F.CCCCCN(CCC)C(CC)CC[C@H](C)CC. The number of benzene rings is 1. The number of carbonyl (C=O) groups is 1. The molecule has 0 heterocycles. The van der Waals surface area contributed by atoms with Crippen LogP contribution in [0.15, 0.2) is 24.8 Å². The summed E-state index contributed by atoms with van der Waals surface area (Å²) in [5.74, 6) is -1.67. The number of rotatable bonds is 17. The molecule has 3 atom stereocenters. The van der Waals surface area contributed by atoms with E-state index >= 15 is 0 Å². The molecule has 0 saturated carbocycles. The Morgan fingerprint density at radius 1 is 1.00 bits per heavy atom. The van der Waals surface area contributed by atoms with E-state index in [9.17, 15) is 13.6 Å². The van der Waals surface area contributed by atoms with Gasteiger partial charge in [-0.2, -0.15) is 0 Å². The highest BCUT2D eigenvalue weighted by molar-refractivity contribution is 5.83. The molecule has 1 amide bonds. The van der Waals surface area contributed by atoms with Crippen molar-refractivity contribution in [2.45, 2.75) is 118 Å². The smallest absolute Gasteiger partial charge is 0.227 e. The van der Waals surface area contributed by atoms with Gasteiger partial charge in [0, 0.05) is 18.7 Å². The van der Waals surface area contributed by atoms with Crippen LogP contribution >= 0.6 is 0 Å². The number of hydrogen-bond acceptors (Lipinski definition) is 2. The molecule has 0 bridgehead atoms. The molecule has 208 valence electrons. The standard InChI is InChI=1S/C17H37N.C14H17F2NO/c1-6-10-11-15-18(14-7-2)17(9-4)13-12-16(5)8-3;1-4-5-6-10(14(18)17-3)13-11(15)7-9(2)8-12(13)16/h16-17H,6-15H2,1-5H3;4,7-8,10H,1,5-6H2,2-3H3,(H,17,18)/t16-,17?;/m1./s1. The molecule has 1 aromatic carbocycles. The van der Waals surface area contributed by atoms with Crippen LogP contribution in [-0.2, 0) is 4.79 Å². The fraction of sp³-hybridized carbons (Fsp3) is 0.710. The molecule has 36 heavy (non-hydrogen) atoms. The largest absolute Gasteiger partial charge is 0.359 e. The number of aryl methyl sites for hydroxylation is 1. The second-order valence-corrected chi connectivity index (χ2v) is 10.1. The first kappa shape index (κ1) is 34.2. The van der Waals surface area contributed by atoms with Crippen LogP contribution in [-0.4, -0.2) is 37.0 Å². The first-order valence-corrected chi connectivity index (χ1v) is 14.2. The van der Waals surface area contributed by atoms with Crippen molar-refractivity contribution in [3.63, 3.8) is 0 Å². The number of carbonyl (C=O) groups excluding carboxylic acids is 1. The van der Waals surface area contributed by atoms with Crippen molar-refractivity contribution in [2.75, 3.05) is 20.1 Å². The van der Waals surface area contributed by atoms with E-state index in [1.54, 1.807) is 13.0 Å². The minimum atomic E-state index is -0.825. The molecule has 3 nitrogen and oxygen atoms in total. The first-order chi connectivity index (χ1) is 17.2. The Morgan fingerprint density at radius 3 is 2.11 bits per heavy atom. The topological polar surface area (TPSA) is 32.3 Å².